The van der Waals surface area contributed by atoms with E-state index in [2.05, 4.69) is 25.8 Å². The van der Waals surface area contributed by atoms with E-state index in [4.69, 9.17) is 10.2 Å². The second kappa shape index (κ2) is 4.80. The first-order valence-electron chi connectivity index (χ1n) is 7.59. The zero-order valence-electron chi connectivity index (χ0n) is 12.6. The average molecular weight is 272 g/mol. The fraction of sp³-hybridized carbons (Fsp3) is 0.588. The largest absolute Gasteiger partial charge is 0.440 e. The van der Waals surface area contributed by atoms with Crippen LogP contribution in [0.3, 0.4) is 0 Å². The van der Waals surface area contributed by atoms with Crippen LogP contribution in [-0.4, -0.2) is 4.98 Å². The summed E-state index contributed by atoms with van der Waals surface area (Å²) in [6.45, 7) is 7.04. The van der Waals surface area contributed by atoms with Gasteiger partial charge in [0.25, 0.3) is 0 Å². The Morgan fingerprint density at radius 2 is 1.85 bits per heavy atom. The first-order chi connectivity index (χ1) is 9.43. The third-order valence-corrected chi connectivity index (χ3v) is 4.73. The zero-order chi connectivity index (χ0) is 14.3. The molecule has 1 aliphatic carbocycles. The van der Waals surface area contributed by atoms with E-state index in [0.717, 1.165) is 28.6 Å². The SMILES string of the molecule is CC(C)(C)C1CCC(c2nc3ccc(N)cc3o2)CC1. The van der Waals surface area contributed by atoms with Gasteiger partial charge in [0.05, 0.1) is 0 Å². The second-order valence-electron chi connectivity index (χ2n) is 7.19. The molecular weight excluding hydrogens is 248 g/mol. The fourth-order valence-electron chi connectivity index (χ4n) is 3.34. The Kier molecular flexibility index (Phi) is 3.23. The van der Waals surface area contributed by atoms with E-state index in [1.54, 1.807) is 0 Å². The quantitative estimate of drug-likeness (QED) is 0.763. The van der Waals surface area contributed by atoms with Gasteiger partial charge in [-0.1, -0.05) is 20.8 Å². The van der Waals surface area contributed by atoms with Gasteiger partial charge in [-0.25, -0.2) is 4.98 Å². The van der Waals surface area contributed by atoms with Crippen LogP contribution in [0.5, 0.6) is 0 Å². The number of hydrogen-bond acceptors (Lipinski definition) is 3. The molecule has 1 heterocycles. The molecule has 0 radical (unpaired) electrons. The fourth-order valence-corrected chi connectivity index (χ4v) is 3.34. The van der Waals surface area contributed by atoms with E-state index in [-0.39, 0.29) is 0 Å². The number of benzene rings is 1. The maximum absolute atomic E-state index is 5.92. The standard InChI is InChI=1S/C17H24N2O/c1-17(2,3)12-6-4-11(5-7-12)16-19-14-9-8-13(18)10-15(14)20-16/h8-12H,4-7,18H2,1-3H3. The van der Waals surface area contributed by atoms with Crippen molar-refractivity contribution in [3.05, 3.63) is 24.1 Å². The predicted octanol–water partition coefficient (Wildman–Crippen LogP) is 4.73. The van der Waals surface area contributed by atoms with Crippen molar-refractivity contribution in [2.45, 2.75) is 52.4 Å². The lowest BCUT2D eigenvalue weighted by atomic mass is 9.70. The van der Waals surface area contributed by atoms with Crippen molar-refractivity contribution in [1.82, 2.24) is 4.98 Å². The Labute approximate surface area is 120 Å². The highest BCUT2D eigenvalue weighted by atomic mass is 16.3. The van der Waals surface area contributed by atoms with Crippen molar-refractivity contribution in [3.63, 3.8) is 0 Å². The topological polar surface area (TPSA) is 52.0 Å². The van der Waals surface area contributed by atoms with E-state index in [1.807, 2.05) is 18.2 Å². The number of hydrogen-bond donors (Lipinski definition) is 1. The first-order valence-corrected chi connectivity index (χ1v) is 7.59. The van der Waals surface area contributed by atoms with Gasteiger partial charge in [-0.2, -0.15) is 0 Å². The van der Waals surface area contributed by atoms with Crippen LogP contribution in [0.4, 0.5) is 5.69 Å². The van der Waals surface area contributed by atoms with Gasteiger partial charge < -0.3 is 10.2 Å². The molecule has 0 unspecified atom stereocenters. The lowest BCUT2D eigenvalue weighted by Gasteiger charge is -2.36. The number of oxazole rings is 1. The minimum absolute atomic E-state index is 0.417. The number of anilines is 1. The monoisotopic (exact) mass is 272 g/mol. The lowest BCUT2D eigenvalue weighted by Crippen LogP contribution is -2.25. The van der Waals surface area contributed by atoms with Crippen LogP contribution >= 0.6 is 0 Å². The Morgan fingerprint density at radius 3 is 2.50 bits per heavy atom. The number of nitrogen functional groups attached to an aromatic ring is 1. The van der Waals surface area contributed by atoms with Crippen molar-refractivity contribution < 1.29 is 4.42 Å². The van der Waals surface area contributed by atoms with Gasteiger partial charge in [-0.3, -0.25) is 0 Å². The highest BCUT2D eigenvalue weighted by molar-refractivity contribution is 5.76. The van der Waals surface area contributed by atoms with Crippen LogP contribution < -0.4 is 5.73 Å². The molecule has 2 aromatic rings. The Balaban J connectivity index is 1.76. The summed E-state index contributed by atoms with van der Waals surface area (Å²) in [4.78, 5) is 4.64. The summed E-state index contributed by atoms with van der Waals surface area (Å²) < 4.78 is 5.92. The van der Waals surface area contributed by atoms with E-state index >= 15 is 0 Å². The third kappa shape index (κ3) is 2.54. The van der Waals surface area contributed by atoms with Crippen molar-refractivity contribution in [1.29, 1.82) is 0 Å². The van der Waals surface area contributed by atoms with Crippen LogP contribution in [0, 0.1) is 11.3 Å². The molecule has 0 aliphatic heterocycles. The summed E-state index contributed by atoms with van der Waals surface area (Å²) in [6, 6.07) is 5.69. The molecule has 108 valence electrons. The average Bonchev–Trinajstić information content (AvgIpc) is 2.80. The van der Waals surface area contributed by atoms with E-state index < -0.39 is 0 Å². The van der Waals surface area contributed by atoms with Gasteiger partial charge in [0, 0.05) is 17.7 Å². The first kappa shape index (κ1) is 13.5. The highest BCUT2D eigenvalue weighted by Crippen LogP contribution is 2.43. The van der Waals surface area contributed by atoms with E-state index in [9.17, 15) is 0 Å². The smallest absolute Gasteiger partial charge is 0.198 e. The second-order valence-corrected chi connectivity index (χ2v) is 7.19. The summed E-state index contributed by atoms with van der Waals surface area (Å²) in [7, 11) is 0. The van der Waals surface area contributed by atoms with E-state index in [1.165, 1.54) is 25.7 Å². The molecule has 1 saturated carbocycles. The molecule has 3 rings (SSSR count). The molecule has 1 fully saturated rings. The Morgan fingerprint density at radius 1 is 1.15 bits per heavy atom. The maximum atomic E-state index is 5.92. The zero-order valence-corrected chi connectivity index (χ0v) is 12.6. The molecule has 20 heavy (non-hydrogen) atoms. The molecule has 3 heteroatoms. The van der Waals surface area contributed by atoms with Crippen molar-refractivity contribution >= 4 is 16.8 Å². The van der Waals surface area contributed by atoms with E-state index in [0.29, 0.717) is 11.3 Å². The Bertz CT molecular complexity index is 601. The summed E-state index contributed by atoms with van der Waals surface area (Å²) in [5.41, 5.74) is 8.68. The minimum Gasteiger partial charge on any atom is -0.440 e. The molecule has 0 spiro atoms. The van der Waals surface area contributed by atoms with Crippen LogP contribution in [-0.2, 0) is 0 Å². The van der Waals surface area contributed by atoms with Gasteiger partial charge in [0.1, 0.15) is 5.52 Å². The molecule has 1 aromatic heterocycles. The molecule has 0 atom stereocenters. The van der Waals surface area contributed by atoms with Gasteiger partial charge in [0.15, 0.2) is 11.5 Å². The van der Waals surface area contributed by atoms with Gasteiger partial charge in [-0.15, -0.1) is 0 Å². The number of nitrogens with two attached hydrogens (primary N) is 1. The summed E-state index contributed by atoms with van der Waals surface area (Å²) in [6.07, 6.45) is 4.92. The molecule has 0 saturated heterocycles. The maximum Gasteiger partial charge on any atom is 0.198 e. The molecular formula is C17H24N2O. The highest BCUT2D eigenvalue weighted by Gasteiger charge is 2.32. The van der Waals surface area contributed by atoms with Crippen molar-refractivity contribution in [2.75, 3.05) is 5.73 Å². The third-order valence-electron chi connectivity index (χ3n) is 4.73. The minimum atomic E-state index is 0.417. The predicted molar refractivity (Wildman–Crippen MR) is 82.6 cm³/mol. The number of fused-ring (bicyclic) bond motifs is 1. The number of rotatable bonds is 1. The summed E-state index contributed by atoms with van der Waals surface area (Å²) in [5.74, 6) is 2.19. The van der Waals surface area contributed by atoms with Crippen LogP contribution in [0.25, 0.3) is 11.1 Å². The number of aromatic nitrogens is 1. The van der Waals surface area contributed by atoms with Gasteiger partial charge in [-0.05, 0) is 49.1 Å². The molecule has 0 amide bonds. The lowest BCUT2D eigenvalue weighted by molar-refractivity contribution is 0.162. The van der Waals surface area contributed by atoms with Gasteiger partial charge >= 0.3 is 0 Å². The Hall–Kier alpha value is -1.51. The van der Waals surface area contributed by atoms with Crippen LogP contribution in [0.1, 0.15) is 58.3 Å². The summed E-state index contributed by atoms with van der Waals surface area (Å²) in [5, 5.41) is 0. The summed E-state index contributed by atoms with van der Waals surface area (Å²) >= 11 is 0. The number of nitrogens with zero attached hydrogens (tertiary/aromatic N) is 1. The van der Waals surface area contributed by atoms with Gasteiger partial charge in [0.2, 0.25) is 0 Å². The van der Waals surface area contributed by atoms with Crippen molar-refractivity contribution in [3.8, 4) is 0 Å². The molecule has 0 bridgehead atoms. The molecule has 1 aliphatic rings. The van der Waals surface area contributed by atoms with Crippen molar-refractivity contribution in [2.24, 2.45) is 11.3 Å². The normalized spacial score (nSPS) is 24.1. The van der Waals surface area contributed by atoms with Crippen LogP contribution in [0.2, 0.25) is 0 Å². The van der Waals surface area contributed by atoms with Crippen LogP contribution in [0.15, 0.2) is 22.6 Å². The molecule has 1 aromatic carbocycles. The molecule has 3 nitrogen and oxygen atoms in total. The molecule has 2 N–H and O–H groups in total.